The van der Waals surface area contributed by atoms with Gasteiger partial charge in [-0.1, -0.05) is 36.4 Å². The second kappa shape index (κ2) is 12.3. The number of carbonyl (C=O) groups excluding carboxylic acids is 3. The van der Waals surface area contributed by atoms with Crippen LogP contribution in [-0.4, -0.2) is 62.6 Å². The summed E-state index contributed by atoms with van der Waals surface area (Å²) in [5, 5.41) is 46.8. The van der Waals surface area contributed by atoms with Crippen LogP contribution in [0.5, 0.6) is 11.5 Å². The summed E-state index contributed by atoms with van der Waals surface area (Å²) in [4.78, 5) is 39.3. The molecule has 5 atom stereocenters. The van der Waals surface area contributed by atoms with Crippen molar-refractivity contribution in [1.29, 1.82) is 0 Å². The zero-order chi connectivity index (χ0) is 31.0. The van der Waals surface area contributed by atoms with Gasteiger partial charge >= 0.3 is 0 Å². The molecule has 3 aromatic carbocycles. The maximum absolute atomic E-state index is 13.5. The number of nitrogens with one attached hydrogen (secondary N) is 1. The Morgan fingerprint density at radius 2 is 1.60 bits per heavy atom. The second-order valence-electron chi connectivity index (χ2n) is 11.4. The normalized spacial score (nSPS) is 19.6. The van der Waals surface area contributed by atoms with E-state index in [1.165, 1.54) is 26.0 Å². The molecule has 2 aliphatic carbocycles. The Morgan fingerprint density at radius 3 is 2.19 bits per heavy atom. The molecule has 0 saturated carbocycles. The fourth-order valence-electron chi connectivity index (χ4n) is 6.06. The third kappa shape index (κ3) is 5.79. The van der Waals surface area contributed by atoms with Gasteiger partial charge in [0.2, 0.25) is 0 Å². The number of fused-ring (bicyclic) bond motifs is 3. The van der Waals surface area contributed by atoms with Gasteiger partial charge in [0.15, 0.2) is 11.6 Å². The average molecular weight is 589 g/mol. The highest BCUT2D eigenvalue weighted by atomic mass is 16.5. The summed E-state index contributed by atoms with van der Waals surface area (Å²) < 4.78 is 6.21. The van der Waals surface area contributed by atoms with Crippen LogP contribution in [0, 0.1) is 5.92 Å². The van der Waals surface area contributed by atoms with E-state index in [0.717, 1.165) is 5.56 Å². The van der Waals surface area contributed by atoms with Gasteiger partial charge in [0.05, 0.1) is 29.4 Å². The average Bonchev–Trinajstić information content (AvgIpc) is 2.99. The highest BCUT2D eigenvalue weighted by Crippen LogP contribution is 2.50. The molecule has 0 saturated heterocycles. The summed E-state index contributed by atoms with van der Waals surface area (Å²) in [5.74, 6) is -2.72. The summed E-state index contributed by atoms with van der Waals surface area (Å²) in [7, 11) is 0. The lowest BCUT2D eigenvalue weighted by molar-refractivity contribution is -0.122. The zero-order valence-electron chi connectivity index (χ0n) is 24.0. The van der Waals surface area contributed by atoms with Crippen molar-refractivity contribution in [2.45, 2.75) is 64.0 Å². The Hall–Kier alpha value is -4.09. The van der Waals surface area contributed by atoms with Gasteiger partial charge in [-0.3, -0.25) is 14.4 Å². The number of hydrogen-bond acceptors (Lipinski definition) is 10. The number of ether oxygens (including phenoxy) is 1. The quantitative estimate of drug-likeness (QED) is 0.119. The lowest BCUT2D eigenvalue weighted by atomic mass is 9.74. The summed E-state index contributed by atoms with van der Waals surface area (Å²) >= 11 is 0. The molecule has 5 unspecified atom stereocenters. The molecule has 0 bridgehead atoms. The number of nitrogens with two attached hydrogens (primary N) is 1. The first-order valence-electron chi connectivity index (χ1n) is 14.3. The monoisotopic (exact) mass is 588 g/mol. The number of nitrogen functional groups attached to an aromatic ring is 1. The first kappa shape index (κ1) is 30.4. The van der Waals surface area contributed by atoms with E-state index in [1.807, 2.05) is 12.1 Å². The molecule has 3 aromatic rings. The molecule has 5 rings (SSSR count). The van der Waals surface area contributed by atoms with E-state index in [1.54, 1.807) is 24.3 Å². The molecule has 10 heteroatoms. The maximum Gasteiger partial charge on any atom is 0.198 e. The van der Waals surface area contributed by atoms with Crippen molar-refractivity contribution in [3.05, 3.63) is 87.5 Å². The van der Waals surface area contributed by atoms with Crippen LogP contribution in [0.1, 0.15) is 81.3 Å². The third-order valence-electron chi connectivity index (χ3n) is 8.51. The molecule has 0 spiro atoms. The number of ketones is 3. The largest absolute Gasteiger partial charge is 0.507 e. The van der Waals surface area contributed by atoms with Gasteiger partial charge in [-0.05, 0) is 50.8 Å². The Kier molecular flexibility index (Phi) is 8.66. The van der Waals surface area contributed by atoms with Crippen LogP contribution in [0.25, 0.3) is 0 Å². The summed E-state index contributed by atoms with van der Waals surface area (Å²) in [5.41, 5.74) is 7.42. The first-order valence-corrected chi connectivity index (χ1v) is 14.3. The number of phenols is 2. The van der Waals surface area contributed by atoms with E-state index in [0.29, 0.717) is 12.2 Å². The van der Waals surface area contributed by atoms with Crippen molar-refractivity contribution in [2.24, 2.45) is 5.92 Å². The van der Waals surface area contributed by atoms with Crippen molar-refractivity contribution >= 4 is 23.0 Å². The SMILES string of the molecule is CC(=O)C1Cc2c(O)c3c(c(O)c2C(OCCC(NCc2ccc(N)cc2)C(O)C(C)O)C1)C(=O)c1ccccc1C3=O. The molecule has 2 aliphatic rings. The molecule has 0 fully saturated rings. The van der Waals surface area contributed by atoms with E-state index in [9.17, 15) is 34.8 Å². The number of rotatable bonds is 10. The molecule has 43 heavy (non-hydrogen) atoms. The van der Waals surface area contributed by atoms with Crippen molar-refractivity contribution in [3.8, 4) is 11.5 Å². The van der Waals surface area contributed by atoms with Crippen LogP contribution in [0.4, 0.5) is 5.69 Å². The van der Waals surface area contributed by atoms with Crippen molar-refractivity contribution in [3.63, 3.8) is 0 Å². The Morgan fingerprint density at radius 1 is 1.00 bits per heavy atom. The molecule has 7 N–H and O–H groups in total. The fraction of sp³-hybridized carbons (Fsp3) is 0.364. The molecule has 0 heterocycles. The van der Waals surface area contributed by atoms with Crippen LogP contribution in [0.3, 0.4) is 0 Å². The first-order chi connectivity index (χ1) is 20.5. The van der Waals surface area contributed by atoms with Crippen molar-refractivity contribution in [2.75, 3.05) is 12.3 Å². The number of aliphatic hydroxyl groups excluding tert-OH is 2. The number of aromatic hydroxyl groups is 2. The summed E-state index contributed by atoms with van der Waals surface area (Å²) in [6.07, 6.45) is -2.51. The molecule has 0 radical (unpaired) electrons. The second-order valence-corrected chi connectivity index (χ2v) is 11.4. The highest BCUT2D eigenvalue weighted by Gasteiger charge is 2.42. The van der Waals surface area contributed by atoms with Crippen molar-refractivity contribution < 1.29 is 39.5 Å². The summed E-state index contributed by atoms with van der Waals surface area (Å²) in [6.45, 7) is 3.36. The Labute approximate surface area is 249 Å². The minimum absolute atomic E-state index is 0.0465. The van der Waals surface area contributed by atoms with Gasteiger partial charge < -0.3 is 36.2 Å². The van der Waals surface area contributed by atoms with Gasteiger partial charge in [0.25, 0.3) is 0 Å². The molecule has 0 aliphatic heterocycles. The van der Waals surface area contributed by atoms with E-state index in [2.05, 4.69) is 5.32 Å². The Balaban J connectivity index is 1.43. The van der Waals surface area contributed by atoms with Gasteiger partial charge in [0.1, 0.15) is 17.3 Å². The van der Waals surface area contributed by atoms with E-state index in [-0.39, 0.29) is 65.0 Å². The molecule has 10 nitrogen and oxygen atoms in total. The van der Waals surface area contributed by atoms with Crippen LogP contribution in [0.15, 0.2) is 48.5 Å². The van der Waals surface area contributed by atoms with Crippen LogP contribution in [0.2, 0.25) is 0 Å². The molecule has 0 amide bonds. The number of carbonyl (C=O) groups is 3. The highest BCUT2D eigenvalue weighted by molar-refractivity contribution is 6.30. The fourth-order valence-corrected chi connectivity index (χ4v) is 6.06. The number of anilines is 1. The van der Waals surface area contributed by atoms with Crippen LogP contribution < -0.4 is 11.1 Å². The van der Waals surface area contributed by atoms with E-state index >= 15 is 0 Å². The smallest absolute Gasteiger partial charge is 0.198 e. The van der Waals surface area contributed by atoms with Gasteiger partial charge in [-0.25, -0.2) is 0 Å². The van der Waals surface area contributed by atoms with Crippen LogP contribution in [-0.2, 0) is 22.5 Å². The molecule has 226 valence electrons. The molecular formula is C33H36N2O8. The lowest BCUT2D eigenvalue weighted by Gasteiger charge is -2.34. The maximum atomic E-state index is 13.5. The van der Waals surface area contributed by atoms with E-state index < -0.39 is 53.3 Å². The molecule has 0 aromatic heterocycles. The predicted octanol–water partition coefficient (Wildman–Crippen LogP) is 2.95. The van der Waals surface area contributed by atoms with Gasteiger partial charge in [0, 0.05) is 53.1 Å². The van der Waals surface area contributed by atoms with Crippen molar-refractivity contribution in [1.82, 2.24) is 5.32 Å². The predicted molar refractivity (Wildman–Crippen MR) is 158 cm³/mol. The zero-order valence-corrected chi connectivity index (χ0v) is 24.0. The standard InChI is InChI=1S/C33H36N2O8/c1-16(36)19-13-23-26(33(42)28-27(32(23)41)30(39)21-5-3-4-6-22(21)31(28)40)25(14-19)43-12-11-24(29(38)17(2)37)35-15-18-7-9-20(34)10-8-18/h3-10,17,19,24-25,29,35,37-38,41-42H,11-15,34H2,1-2H3. The number of phenolic OH excluding ortho intramolecular Hbond substituents is 2. The number of benzene rings is 3. The van der Waals surface area contributed by atoms with Gasteiger partial charge in [-0.15, -0.1) is 0 Å². The lowest BCUT2D eigenvalue weighted by Crippen LogP contribution is -2.45. The summed E-state index contributed by atoms with van der Waals surface area (Å²) in [6, 6.07) is 12.9. The number of hydrogen-bond donors (Lipinski definition) is 6. The number of Topliss-reactive ketones (excluding diaryl/α,β-unsaturated/α-hetero) is 1. The van der Waals surface area contributed by atoms with Gasteiger partial charge in [-0.2, -0.15) is 0 Å². The molecular weight excluding hydrogens is 552 g/mol. The Bertz CT molecular complexity index is 1570. The third-order valence-corrected chi connectivity index (χ3v) is 8.51. The minimum Gasteiger partial charge on any atom is -0.507 e. The van der Waals surface area contributed by atoms with E-state index in [4.69, 9.17) is 10.5 Å². The van der Waals surface area contributed by atoms with Crippen LogP contribution >= 0.6 is 0 Å². The number of aliphatic hydroxyl groups is 2. The topological polar surface area (TPSA) is 179 Å². The minimum atomic E-state index is -1.12.